The monoisotopic (exact) mass is 379 g/mol. The summed E-state index contributed by atoms with van der Waals surface area (Å²) in [7, 11) is 0. The number of aromatic nitrogens is 1. The highest BCUT2D eigenvalue weighted by Crippen LogP contribution is 2.26. The van der Waals surface area contributed by atoms with E-state index in [1.54, 1.807) is 12.3 Å². The van der Waals surface area contributed by atoms with E-state index in [1.165, 1.54) is 37.9 Å². The number of nitrogens with zero attached hydrogens (tertiary/aromatic N) is 3. The quantitative estimate of drug-likeness (QED) is 0.772. The van der Waals surface area contributed by atoms with Crippen LogP contribution in [0.1, 0.15) is 53.6 Å². The minimum atomic E-state index is 0.0706. The second-order valence-electron chi connectivity index (χ2n) is 7.92. The Morgan fingerprint density at radius 1 is 1.00 bits per heavy atom. The second kappa shape index (κ2) is 8.74. The first kappa shape index (κ1) is 18.9. The molecule has 0 atom stereocenters. The SMILES string of the molecule is Cc1cc(CN2CCCC2)ccc1Oc1ccc(C(=O)N2CCCCC2)cn1. The Morgan fingerprint density at radius 2 is 1.75 bits per heavy atom. The van der Waals surface area contributed by atoms with Crippen LogP contribution in [0.4, 0.5) is 0 Å². The first-order chi connectivity index (χ1) is 13.7. The van der Waals surface area contributed by atoms with E-state index in [4.69, 9.17) is 4.74 Å². The number of hydrogen-bond donors (Lipinski definition) is 0. The molecule has 5 heteroatoms. The van der Waals surface area contributed by atoms with Crippen molar-refractivity contribution in [1.29, 1.82) is 0 Å². The van der Waals surface area contributed by atoms with Crippen LogP contribution in [0, 0.1) is 6.92 Å². The summed E-state index contributed by atoms with van der Waals surface area (Å²) in [4.78, 5) is 21.3. The summed E-state index contributed by atoms with van der Waals surface area (Å²) in [5, 5.41) is 0. The van der Waals surface area contributed by atoms with Gasteiger partial charge in [0.05, 0.1) is 5.56 Å². The van der Waals surface area contributed by atoms with Crippen LogP contribution in [0.5, 0.6) is 11.6 Å². The number of aryl methyl sites for hydroxylation is 1. The van der Waals surface area contributed by atoms with E-state index in [-0.39, 0.29) is 5.91 Å². The van der Waals surface area contributed by atoms with Gasteiger partial charge in [-0.3, -0.25) is 9.69 Å². The molecule has 28 heavy (non-hydrogen) atoms. The van der Waals surface area contributed by atoms with E-state index in [1.807, 2.05) is 17.0 Å². The number of ether oxygens (including phenoxy) is 1. The molecule has 3 heterocycles. The van der Waals surface area contributed by atoms with E-state index in [2.05, 4.69) is 28.9 Å². The predicted octanol–water partition coefficient (Wildman–Crippen LogP) is 4.40. The van der Waals surface area contributed by atoms with Crippen molar-refractivity contribution in [3.8, 4) is 11.6 Å². The molecule has 0 radical (unpaired) electrons. The lowest BCUT2D eigenvalue weighted by molar-refractivity contribution is 0.0724. The van der Waals surface area contributed by atoms with Gasteiger partial charge in [-0.05, 0) is 75.4 Å². The highest BCUT2D eigenvalue weighted by Gasteiger charge is 2.18. The molecule has 0 aliphatic carbocycles. The van der Waals surface area contributed by atoms with Crippen molar-refractivity contribution < 1.29 is 9.53 Å². The summed E-state index contributed by atoms with van der Waals surface area (Å²) in [6.45, 7) is 7.16. The number of carbonyl (C=O) groups excluding carboxylic acids is 1. The molecule has 4 rings (SSSR count). The van der Waals surface area contributed by atoms with Crippen LogP contribution < -0.4 is 4.74 Å². The molecule has 2 aliphatic rings. The van der Waals surface area contributed by atoms with E-state index < -0.39 is 0 Å². The van der Waals surface area contributed by atoms with Gasteiger partial charge in [0.2, 0.25) is 5.88 Å². The van der Waals surface area contributed by atoms with Crippen molar-refractivity contribution in [1.82, 2.24) is 14.8 Å². The van der Waals surface area contributed by atoms with Crippen LogP contribution in [-0.2, 0) is 6.54 Å². The highest BCUT2D eigenvalue weighted by atomic mass is 16.5. The van der Waals surface area contributed by atoms with Crippen LogP contribution in [0.2, 0.25) is 0 Å². The molecule has 2 saturated heterocycles. The predicted molar refractivity (Wildman–Crippen MR) is 110 cm³/mol. The average molecular weight is 380 g/mol. The van der Waals surface area contributed by atoms with Gasteiger partial charge >= 0.3 is 0 Å². The first-order valence-electron chi connectivity index (χ1n) is 10.4. The Kier molecular flexibility index (Phi) is 5.91. The number of likely N-dealkylation sites (tertiary alicyclic amines) is 2. The number of hydrogen-bond acceptors (Lipinski definition) is 4. The normalized spacial score (nSPS) is 17.7. The van der Waals surface area contributed by atoms with Crippen molar-refractivity contribution in [2.45, 2.75) is 45.6 Å². The zero-order valence-electron chi connectivity index (χ0n) is 16.7. The molecule has 0 bridgehead atoms. The van der Waals surface area contributed by atoms with Gasteiger partial charge in [0.15, 0.2) is 0 Å². The van der Waals surface area contributed by atoms with E-state index >= 15 is 0 Å². The molecule has 0 unspecified atom stereocenters. The molecule has 0 saturated carbocycles. The fraction of sp³-hybridized carbons (Fsp3) is 0.478. The molecule has 0 spiro atoms. The van der Waals surface area contributed by atoms with E-state index in [0.717, 1.165) is 43.8 Å². The summed E-state index contributed by atoms with van der Waals surface area (Å²) in [5.74, 6) is 1.40. The van der Waals surface area contributed by atoms with Crippen LogP contribution in [-0.4, -0.2) is 46.9 Å². The van der Waals surface area contributed by atoms with Crippen LogP contribution >= 0.6 is 0 Å². The third-order valence-electron chi connectivity index (χ3n) is 5.69. The zero-order chi connectivity index (χ0) is 19.3. The molecule has 2 aliphatic heterocycles. The molecule has 5 nitrogen and oxygen atoms in total. The van der Waals surface area contributed by atoms with Crippen molar-refractivity contribution in [3.63, 3.8) is 0 Å². The lowest BCUT2D eigenvalue weighted by Gasteiger charge is -2.26. The topological polar surface area (TPSA) is 45.7 Å². The minimum Gasteiger partial charge on any atom is -0.439 e. The molecule has 0 N–H and O–H groups in total. The van der Waals surface area contributed by atoms with Crippen molar-refractivity contribution >= 4 is 5.91 Å². The largest absolute Gasteiger partial charge is 0.439 e. The second-order valence-corrected chi connectivity index (χ2v) is 7.92. The van der Waals surface area contributed by atoms with Gasteiger partial charge in [0, 0.05) is 31.9 Å². The standard InChI is InChI=1S/C23H29N3O2/c1-18-15-19(17-25-11-5-6-12-25)7-9-21(18)28-22-10-8-20(16-24-22)23(27)26-13-3-2-4-14-26/h7-10,15-16H,2-6,11-14,17H2,1H3. The highest BCUT2D eigenvalue weighted by molar-refractivity contribution is 5.94. The lowest BCUT2D eigenvalue weighted by Crippen LogP contribution is -2.35. The van der Waals surface area contributed by atoms with Gasteiger partial charge in [-0.15, -0.1) is 0 Å². The molecular formula is C23H29N3O2. The number of carbonyl (C=O) groups is 1. The number of pyridine rings is 1. The van der Waals surface area contributed by atoms with Crippen molar-refractivity contribution in [2.24, 2.45) is 0 Å². The molecular weight excluding hydrogens is 350 g/mol. The van der Waals surface area contributed by atoms with E-state index in [0.29, 0.717) is 11.4 Å². The Labute approximate surface area is 167 Å². The summed E-state index contributed by atoms with van der Waals surface area (Å²) in [6, 6.07) is 9.96. The molecule has 1 amide bonds. The average Bonchev–Trinajstić information content (AvgIpc) is 3.24. The Hall–Kier alpha value is -2.40. The van der Waals surface area contributed by atoms with Crippen LogP contribution in [0.25, 0.3) is 0 Å². The number of rotatable bonds is 5. The molecule has 1 aromatic carbocycles. The maximum atomic E-state index is 12.5. The summed E-state index contributed by atoms with van der Waals surface area (Å²) in [5.41, 5.74) is 3.06. The van der Waals surface area contributed by atoms with Crippen molar-refractivity contribution in [3.05, 3.63) is 53.2 Å². The van der Waals surface area contributed by atoms with Crippen LogP contribution in [0.3, 0.4) is 0 Å². The third-order valence-corrected chi connectivity index (χ3v) is 5.69. The van der Waals surface area contributed by atoms with Crippen LogP contribution in [0.15, 0.2) is 36.5 Å². The van der Waals surface area contributed by atoms with Crippen molar-refractivity contribution in [2.75, 3.05) is 26.2 Å². The number of benzene rings is 1. The lowest BCUT2D eigenvalue weighted by atomic mass is 10.1. The van der Waals surface area contributed by atoms with Gasteiger partial charge < -0.3 is 9.64 Å². The van der Waals surface area contributed by atoms with E-state index in [9.17, 15) is 4.79 Å². The molecule has 1 aromatic heterocycles. The summed E-state index contributed by atoms with van der Waals surface area (Å²) < 4.78 is 5.96. The maximum absolute atomic E-state index is 12.5. The summed E-state index contributed by atoms with van der Waals surface area (Å²) in [6.07, 6.45) is 7.64. The zero-order valence-corrected chi connectivity index (χ0v) is 16.7. The molecule has 2 aromatic rings. The number of amides is 1. The Balaban J connectivity index is 1.39. The third kappa shape index (κ3) is 4.53. The van der Waals surface area contributed by atoms with Gasteiger partial charge in [-0.1, -0.05) is 12.1 Å². The fourth-order valence-corrected chi connectivity index (χ4v) is 4.08. The van der Waals surface area contributed by atoms with Gasteiger partial charge in [-0.2, -0.15) is 0 Å². The Morgan fingerprint density at radius 3 is 2.43 bits per heavy atom. The smallest absolute Gasteiger partial charge is 0.255 e. The van der Waals surface area contributed by atoms with Gasteiger partial charge in [0.25, 0.3) is 5.91 Å². The molecule has 148 valence electrons. The minimum absolute atomic E-state index is 0.0706. The fourth-order valence-electron chi connectivity index (χ4n) is 4.08. The first-order valence-corrected chi connectivity index (χ1v) is 10.4. The number of piperidine rings is 1. The van der Waals surface area contributed by atoms with Gasteiger partial charge in [0.1, 0.15) is 5.75 Å². The van der Waals surface area contributed by atoms with Gasteiger partial charge in [-0.25, -0.2) is 4.98 Å². The molecule has 2 fully saturated rings. The maximum Gasteiger partial charge on any atom is 0.255 e. The Bertz CT molecular complexity index is 807. The summed E-state index contributed by atoms with van der Waals surface area (Å²) >= 11 is 0.